The molecule has 1 heterocycles. The van der Waals surface area contributed by atoms with Crippen molar-refractivity contribution in [1.29, 1.82) is 0 Å². The molecule has 1 aromatic heterocycles. The first kappa shape index (κ1) is 24.3. The van der Waals surface area contributed by atoms with E-state index in [9.17, 15) is 9.59 Å². The molecule has 0 aliphatic rings. The summed E-state index contributed by atoms with van der Waals surface area (Å²) in [6.07, 6.45) is 2.84. The van der Waals surface area contributed by atoms with Gasteiger partial charge in [-0.1, -0.05) is 25.5 Å². The van der Waals surface area contributed by atoms with E-state index in [4.69, 9.17) is 9.47 Å². The van der Waals surface area contributed by atoms with Crippen LogP contribution in [-0.2, 0) is 16.1 Å². The summed E-state index contributed by atoms with van der Waals surface area (Å²) in [5, 5.41) is 5.48. The number of hydrogen-bond donors (Lipinski definition) is 2. The zero-order valence-electron chi connectivity index (χ0n) is 19.3. The first-order valence-electron chi connectivity index (χ1n) is 11.5. The average molecular weight is 453 g/mol. The van der Waals surface area contributed by atoms with Gasteiger partial charge in [0.05, 0.1) is 24.2 Å². The standard InChI is InChI=1S/C25H32N4O4/c1-3-5-17-33-20-13-11-19(12-14-20)24(31)26-18-23(30)28-25-27-21-9-6-7-10-22(21)29(25)15-8-16-32-4-2/h6-7,9-14H,3-5,8,15-18H2,1-2H3,(H,26,31)(H,27,28,30). The first-order chi connectivity index (χ1) is 16.1. The maximum atomic E-state index is 12.5. The average Bonchev–Trinajstić information content (AvgIpc) is 3.17. The Bertz CT molecular complexity index is 1050. The monoisotopic (exact) mass is 452 g/mol. The minimum absolute atomic E-state index is 0.157. The molecule has 0 fully saturated rings. The minimum atomic E-state index is -0.343. The molecule has 2 amide bonds. The number of amides is 2. The van der Waals surface area contributed by atoms with E-state index in [0.717, 1.165) is 36.0 Å². The van der Waals surface area contributed by atoms with E-state index in [1.165, 1.54) is 0 Å². The Morgan fingerprint density at radius 3 is 2.55 bits per heavy atom. The predicted octanol–water partition coefficient (Wildman–Crippen LogP) is 4.01. The number of carbonyl (C=O) groups excluding carboxylic acids is 2. The fourth-order valence-electron chi connectivity index (χ4n) is 3.33. The Kier molecular flexibility index (Phi) is 9.26. The van der Waals surface area contributed by atoms with Gasteiger partial charge in [0.2, 0.25) is 11.9 Å². The van der Waals surface area contributed by atoms with E-state index in [1.54, 1.807) is 24.3 Å². The Balaban J connectivity index is 1.56. The van der Waals surface area contributed by atoms with E-state index in [2.05, 4.69) is 22.5 Å². The third-order valence-electron chi connectivity index (χ3n) is 5.07. The second-order valence-electron chi connectivity index (χ2n) is 7.58. The zero-order valence-corrected chi connectivity index (χ0v) is 19.3. The van der Waals surface area contributed by atoms with E-state index >= 15 is 0 Å². The van der Waals surface area contributed by atoms with E-state index in [-0.39, 0.29) is 18.4 Å². The van der Waals surface area contributed by atoms with E-state index in [0.29, 0.717) is 37.9 Å². The Hall–Kier alpha value is -3.39. The summed E-state index contributed by atoms with van der Waals surface area (Å²) in [6.45, 7) is 6.52. The van der Waals surface area contributed by atoms with Gasteiger partial charge in [-0.3, -0.25) is 14.9 Å². The molecule has 0 aliphatic carbocycles. The number of imidazole rings is 1. The highest BCUT2D eigenvalue weighted by Gasteiger charge is 2.14. The summed E-state index contributed by atoms with van der Waals surface area (Å²) in [6, 6.07) is 14.6. The second kappa shape index (κ2) is 12.6. The van der Waals surface area contributed by atoms with Gasteiger partial charge in [-0.25, -0.2) is 4.98 Å². The first-order valence-corrected chi connectivity index (χ1v) is 11.5. The lowest BCUT2D eigenvalue weighted by molar-refractivity contribution is -0.115. The third kappa shape index (κ3) is 7.05. The third-order valence-corrected chi connectivity index (χ3v) is 5.07. The van der Waals surface area contributed by atoms with Crippen LogP contribution >= 0.6 is 0 Å². The van der Waals surface area contributed by atoms with E-state index in [1.807, 2.05) is 35.8 Å². The van der Waals surface area contributed by atoms with Crippen molar-refractivity contribution in [1.82, 2.24) is 14.9 Å². The molecule has 0 atom stereocenters. The van der Waals surface area contributed by atoms with Crippen molar-refractivity contribution in [2.24, 2.45) is 0 Å². The fraction of sp³-hybridized carbons (Fsp3) is 0.400. The number of ether oxygens (including phenoxy) is 2. The van der Waals surface area contributed by atoms with Crippen molar-refractivity contribution in [3.63, 3.8) is 0 Å². The molecule has 2 aromatic carbocycles. The van der Waals surface area contributed by atoms with Crippen molar-refractivity contribution in [3.05, 3.63) is 54.1 Å². The largest absolute Gasteiger partial charge is 0.494 e. The minimum Gasteiger partial charge on any atom is -0.494 e. The number of rotatable bonds is 13. The van der Waals surface area contributed by atoms with Crippen LogP contribution in [0.25, 0.3) is 11.0 Å². The number of benzene rings is 2. The maximum Gasteiger partial charge on any atom is 0.251 e. The highest BCUT2D eigenvalue weighted by atomic mass is 16.5. The van der Waals surface area contributed by atoms with Gasteiger partial charge in [-0.05, 0) is 56.2 Å². The molecule has 3 aromatic rings. The number of nitrogens with zero attached hydrogens (tertiary/aromatic N) is 2. The van der Waals surface area contributed by atoms with Crippen LogP contribution in [0, 0.1) is 0 Å². The Morgan fingerprint density at radius 1 is 1.00 bits per heavy atom. The van der Waals surface area contributed by atoms with Crippen LogP contribution in [-0.4, -0.2) is 47.7 Å². The molecule has 0 radical (unpaired) electrons. The molecule has 0 saturated carbocycles. The molecule has 8 nitrogen and oxygen atoms in total. The normalized spacial score (nSPS) is 10.8. The van der Waals surface area contributed by atoms with Crippen LogP contribution < -0.4 is 15.4 Å². The summed E-state index contributed by atoms with van der Waals surface area (Å²) in [5.74, 6) is 0.515. The van der Waals surface area contributed by atoms with Crippen molar-refractivity contribution in [2.75, 3.05) is 31.7 Å². The van der Waals surface area contributed by atoms with Crippen molar-refractivity contribution >= 4 is 28.8 Å². The van der Waals surface area contributed by atoms with Gasteiger partial charge in [0.1, 0.15) is 5.75 Å². The molecule has 176 valence electrons. The number of hydrogen-bond acceptors (Lipinski definition) is 5. The molecule has 0 aliphatic heterocycles. The van der Waals surface area contributed by atoms with Gasteiger partial charge in [0.25, 0.3) is 5.91 Å². The van der Waals surface area contributed by atoms with Crippen LogP contribution in [0.3, 0.4) is 0 Å². The molecule has 33 heavy (non-hydrogen) atoms. The lowest BCUT2D eigenvalue weighted by Gasteiger charge is -2.11. The summed E-state index contributed by atoms with van der Waals surface area (Å²) < 4.78 is 13.0. The predicted molar refractivity (Wildman–Crippen MR) is 129 cm³/mol. The molecular formula is C25H32N4O4. The number of unbranched alkanes of at least 4 members (excludes halogenated alkanes) is 1. The lowest BCUT2D eigenvalue weighted by Crippen LogP contribution is -2.33. The highest BCUT2D eigenvalue weighted by molar-refractivity contribution is 5.99. The lowest BCUT2D eigenvalue weighted by atomic mass is 10.2. The number of nitrogens with one attached hydrogen (secondary N) is 2. The molecular weight excluding hydrogens is 420 g/mol. The second-order valence-corrected chi connectivity index (χ2v) is 7.58. The Labute approximate surface area is 194 Å². The summed E-state index contributed by atoms with van der Waals surface area (Å²) in [7, 11) is 0. The molecule has 0 bridgehead atoms. The van der Waals surface area contributed by atoms with Crippen molar-refractivity contribution in [2.45, 2.75) is 39.7 Å². The SMILES string of the molecule is CCCCOc1ccc(C(=O)NCC(=O)Nc2nc3ccccc3n2CCCOCC)cc1. The molecule has 0 saturated heterocycles. The van der Waals surface area contributed by atoms with Crippen molar-refractivity contribution in [3.8, 4) is 5.75 Å². The number of para-hydroxylation sites is 2. The number of fused-ring (bicyclic) bond motifs is 1. The van der Waals surface area contributed by atoms with Crippen LogP contribution in [0.5, 0.6) is 5.75 Å². The molecule has 0 spiro atoms. The van der Waals surface area contributed by atoms with Gasteiger partial charge in [-0.2, -0.15) is 0 Å². The smallest absolute Gasteiger partial charge is 0.251 e. The van der Waals surface area contributed by atoms with Crippen molar-refractivity contribution < 1.29 is 19.1 Å². The summed E-state index contributed by atoms with van der Waals surface area (Å²) in [5.41, 5.74) is 2.21. The topological polar surface area (TPSA) is 94.5 Å². The van der Waals surface area contributed by atoms with Gasteiger partial charge in [0.15, 0.2) is 0 Å². The van der Waals surface area contributed by atoms with Gasteiger partial charge >= 0.3 is 0 Å². The maximum absolute atomic E-state index is 12.5. The van der Waals surface area contributed by atoms with E-state index < -0.39 is 0 Å². The van der Waals surface area contributed by atoms with Gasteiger partial charge in [-0.15, -0.1) is 0 Å². The van der Waals surface area contributed by atoms with Crippen LogP contribution in [0.15, 0.2) is 48.5 Å². The number of anilines is 1. The fourth-order valence-corrected chi connectivity index (χ4v) is 3.33. The van der Waals surface area contributed by atoms with Gasteiger partial charge in [0, 0.05) is 25.3 Å². The number of carbonyl (C=O) groups is 2. The van der Waals surface area contributed by atoms with Crippen LogP contribution in [0.4, 0.5) is 5.95 Å². The molecule has 3 rings (SSSR count). The Morgan fingerprint density at radius 2 is 1.79 bits per heavy atom. The number of aryl methyl sites for hydroxylation is 1. The molecule has 0 unspecified atom stereocenters. The van der Waals surface area contributed by atoms with Crippen LogP contribution in [0.1, 0.15) is 43.5 Å². The number of aromatic nitrogens is 2. The van der Waals surface area contributed by atoms with Gasteiger partial charge < -0.3 is 19.4 Å². The molecule has 2 N–H and O–H groups in total. The highest BCUT2D eigenvalue weighted by Crippen LogP contribution is 2.20. The zero-order chi connectivity index (χ0) is 23.5. The quantitative estimate of drug-likeness (QED) is 0.382. The molecule has 8 heteroatoms. The summed E-state index contributed by atoms with van der Waals surface area (Å²) >= 11 is 0. The summed E-state index contributed by atoms with van der Waals surface area (Å²) in [4.78, 5) is 29.5. The van der Waals surface area contributed by atoms with Crippen LogP contribution in [0.2, 0.25) is 0 Å².